The van der Waals surface area contributed by atoms with Crippen molar-refractivity contribution in [1.29, 1.82) is 0 Å². The molecule has 0 aliphatic heterocycles. The van der Waals surface area contributed by atoms with Gasteiger partial charge in [-0.25, -0.2) is 4.39 Å². The van der Waals surface area contributed by atoms with E-state index in [4.69, 9.17) is 4.74 Å². The van der Waals surface area contributed by atoms with Gasteiger partial charge in [0.2, 0.25) is 0 Å². The summed E-state index contributed by atoms with van der Waals surface area (Å²) in [6, 6.07) is 1.72. The van der Waals surface area contributed by atoms with Crippen LogP contribution in [0.15, 0.2) is 10.5 Å². The normalized spacial score (nSPS) is 10.4. The van der Waals surface area contributed by atoms with Gasteiger partial charge in [0, 0.05) is 12.1 Å². The molecule has 1 N–H and O–H groups in total. The fourth-order valence-electron chi connectivity index (χ4n) is 1.36. The Kier molecular flexibility index (Phi) is 3.89. The van der Waals surface area contributed by atoms with Crippen molar-refractivity contribution in [3.63, 3.8) is 0 Å². The summed E-state index contributed by atoms with van der Waals surface area (Å²) in [4.78, 5) is 0. The van der Waals surface area contributed by atoms with Crippen LogP contribution >= 0.6 is 15.9 Å². The SMILES string of the molecule is CNCc1c(F)c(C)cc(Br)c1OC. The molecule has 0 aliphatic rings. The van der Waals surface area contributed by atoms with E-state index >= 15 is 0 Å². The lowest BCUT2D eigenvalue weighted by Gasteiger charge is -2.13. The highest BCUT2D eigenvalue weighted by atomic mass is 79.9. The van der Waals surface area contributed by atoms with Crippen LogP contribution in [0.2, 0.25) is 0 Å². The summed E-state index contributed by atoms with van der Waals surface area (Å²) in [6.07, 6.45) is 0. The van der Waals surface area contributed by atoms with Crippen LogP contribution < -0.4 is 10.1 Å². The molecule has 0 amide bonds. The van der Waals surface area contributed by atoms with Gasteiger partial charge in [-0.15, -0.1) is 0 Å². The van der Waals surface area contributed by atoms with Gasteiger partial charge in [-0.05, 0) is 41.5 Å². The number of aryl methyl sites for hydroxylation is 1. The van der Waals surface area contributed by atoms with Gasteiger partial charge in [0.15, 0.2) is 0 Å². The molecule has 0 radical (unpaired) electrons. The van der Waals surface area contributed by atoms with Crippen molar-refractivity contribution >= 4 is 15.9 Å². The van der Waals surface area contributed by atoms with Crippen molar-refractivity contribution in [1.82, 2.24) is 5.32 Å². The second-order valence-electron chi connectivity index (χ2n) is 3.03. The van der Waals surface area contributed by atoms with E-state index in [9.17, 15) is 4.39 Å². The Bertz CT molecular complexity index is 341. The highest BCUT2D eigenvalue weighted by Crippen LogP contribution is 2.32. The first-order valence-corrected chi connectivity index (χ1v) is 5.07. The summed E-state index contributed by atoms with van der Waals surface area (Å²) < 4.78 is 19.6. The molecule has 1 rings (SSSR count). The molecule has 0 saturated carbocycles. The Hall–Kier alpha value is -0.610. The summed E-state index contributed by atoms with van der Waals surface area (Å²) in [5, 5.41) is 2.91. The fraction of sp³-hybridized carbons (Fsp3) is 0.400. The number of methoxy groups -OCH3 is 1. The number of rotatable bonds is 3. The first kappa shape index (κ1) is 11.5. The molecule has 0 aliphatic carbocycles. The van der Waals surface area contributed by atoms with Gasteiger partial charge in [-0.1, -0.05) is 0 Å². The van der Waals surface area contributed by atoms with Gasteiger partial charge in [-0.3, -0.25) is 0 Å². The van der Waals surface area contributed by atoms with Crippen LogP contribution in [0.5, 0.6) is 5.75 Å². The number of ether oxygens (including phenoxy) is 1. The Balaban J connectivity index is 3.32. The molecule has 0 saturated heterocycles. The van der Waals surface area contributed by atoms with Crippen LogP contribution in [-0.4, -0.2) is 14.2 Å². The van der Waals surface area contributed by atoms with E-state index in [-0.39, 0.29) is 5.82 Å². The number of benzene rings is 1. The van der Waals surface area contributed by atoms with Crippen molar-refractivity contribution in [2.24, 2.45) is 0 Å². The molecule has 78 valence electrons. The molecular weight excluding hydrogens is 249 g/mol. The Labute approximate surface area is 91.6 Å². The second kappa shape index (κ2) is 4.75. The first-order valence-electron chi connectivity index (χ1n) is 4.27. The van der Waals surface area contributed by atoms with Gasteiger partial charge in [0.05, 0.1) is 11.6 Å². The third-order valence-corrected chi connectivity index (χ3v) is 2.59. The van der Waals surface area contributed by atoms with Crippen molar-refractivity contribution in [3.05, 3.63) is 27.5 Å². The maximum Gasteiger partial charge on any atom is 0.140 e. The maximum absolute atomic E-state index is 13.7. The lowest BCUT2D eigenvalue weighted by Crippen LogP contribution is -2.10. The lowest BCUT2D eigenvalue weighted by atomic mass is 10.1. The quantitative estimate of drug-likeness (QED) is 0.904. The largest absolute Gasteiger partial charge is 0.495 e. The lowest BCUT2D eigenvalue weighted by molar-refractivity contribution is 0.399. The average molecular weight is 262 g/mol. The van der Waals surface area contributed by atoms with Crippen LogP contribution in [-0.2, 0) is 6.54 Å². The zero-order chi connectivity index (χ0) is 10.7. The van der Waals surface area contributed by atoms with Crippen molar-refractivity contribution < 1.29 is 9.13 Å². The monoisotopic (exact) mass is 261 g/mol. The van der Waals surface area contributed by atoms with Crippen molar-refractivity contribution in [2.75, 3.05) is 14.2 Å². The van der Waals surface area contributed by atoms with Crippen LogP contribution in [0.4, 0.5) is 4.39 Å². The molecule has 0 heterocycles. The zero-order valence-corrected chi connectivity index (χ0v) is 10.0. The highest BCUT2D eigenvalue weighted by molar-refractivity contribution is 9.10. The van der Waals surface area contributed by atoms with E-state index in [0.717, 1.165) is 4.47 Å². The first-order chi connectivity index (χ1) is 6.61. The number of hydrogen-bond acceptors (Lipinski definition) is 2. The van der Waals surface area contributed by atoms with E-state index < -0.39 is 0 Å². The topological polar surface area (TPSA) is 21.3 Å². The van der Waals surface area contributed by atoms with Gasteiger partial charge < -0.3 is 10.1 Å². The number of halogens is 2. The van der Waals surface area contributed by atoms with E-state index in [1.54, 1.807) is 20.0 Å². The molecule has 0 atom stereocenters. The van der Waals surface area contributed by atoms with Gasteiger partial charge in [0.1, 0.15) is 11.6 Å². The number of hydrogen-bond donors (Lipinski definition) is 1. The van der Waals surface area contributed by atoms with Gasteiger partial charge >= 0.3 is 0 Å². The van der Waals surface area contributed by atoms with E-state index in [1.165, 1.54) is 7.11 Å². The summed E-state index contributed by atoms with van der Waals surface area (Å²) >= 11 is 3.34. The van der Waals surface area contributed by atoms with Gasteiger partial charge in [0.25, 0.3) is 0 Å². The van der Waals surface area contributed by atoms with E-state index in [2.05, 4.69) is 21.2 Å². The van der Waals surface area contributed by atoms with Crippen LogP contribution in [0.3, 0.4) is 0 Å². The highest BCUT2D eigenvalue weighted by Gasteiger charge is 2.14. The van der Waals surface area contributed by atoms with E-state index in [1.807, 2.05) is 0 Å². The smallest absolute Gasteiger partial charge is 0.140 e. The second-order valence-corrected chi connectivity index (χ2v) is 3.89. The maximum atomic E-state index is 13.7. The molecule has 0 spiro atoms. The summed E-state index contributed by atoms with van der Waals surface area (Å²) in [6.45, 7) is 2.19. The molecule has 2 nitrogen and oxygen atoms in total. The Morgan fingerprint density at radius 3 is 2.71 bits per heavy atom. The predicted octanol–water partition coefficient (Wildman–Crippen LogP) is 2.62. The van der Waals surface area contributed by atoms with Crippen LogP contribution in [0.25, 0.3) is 0 Å². The third-order valence-electron chi connectivity index (χ3n) is 2.00. The minimum Gasteiger partial charge on any atom is -0.495 e. The Morgan fingerprint density at radius 1 is 1.57 bits per heavy atom. The van der Waals surface area contributed by atoms with Crippen LogP contribution in [0, 0.1) is 12.7 Å². The molecule has 0 unspecified atom stereocenters. The number of nitrogens with one attached hydrogen (secondary N) is 1. The molecule has 1 aromatic carbocycles. The molecule has 0 bridgehead atoms. The molecular formula is C10H13BrFNO. The van der Waals surface area contributed by atoms with E-state index in [0.29, 0.717) is 23.4 Å². The van der Waals surface area contributed by atoms with Crippen molar-refractivity contribution in [2.45, 2.75) is 13.5 Å². The molecule has 14 heavy (non-hydrogen) atoms. The van der Waals surface area contributed by atoms with Crippen LogP contribution in [0.1, 0.15) is 11.1 Å². The average Bonchev–Trinajstić information content (AvgIpc) is 2.14. The minimum absolute atomic E-state index is 0.209. The molecule has 1 aromatic rings. The summed E-state index contributed by atoms with van der Waals surface area (Å²) in [5.74, 6) is 0.349. The summed E-state index contributed by atoms with van der Waals surface area (Å²) in [5.41, 5.74) is 1.17. The summed E-state index contributed by atoms with van der Waals surface area (Å²) in [7, 11) is 3.31. The minimum atomic E-state index is -0.209. The molecule has 0 fully saturated rings. The van der Waals surface area contributed by atoms with Gasteiger partial charge in [-0.2, -0.15) is 0 Å². The Morgan fingerprint density at radius 2 is 2.21 bits per heavy atom. The zero-order valence-electron chi connectivity index (χ0n) is 8.45. The fourth-order valence-corrected chi connectivity index (χ4v) is 2.10. The molecule has 4 heteroatoms. The predicted molar refractivity (Wildman–Crippen MR) is 58.2 cm³/mol. The standard InChI is InChI=1S/C10H13BrFNO/c1-6-4-8(11)10(14-3)7(5-13-2)9(6)12/h4,13H,5H2,1-3H3. The third kappa shape index (κ3) is 2.07. The van der Waals surface area contributed by atoms with Crippen molar-refractivity contribution in [3.8, 4) is 5.75 Å². The molecule has 0 aromatic heterocycles.